The zero-order valence-electron chi connectivity index (χ0n) is 13.0. The van der Waals surface area contributed by atoms with Gasteiger partial charge in [0.2, 0.25) is 5.91 Å². The van der Waals surface area contributed by atoms with Gasteiger partial charge in [0.15, 0.2) is 0 Å². The van der Waals surface area contributed by atoms with E-state index in [9.17, 15) is 13.2 Å². The Hall–Kier alpha value is -1.93. The molecule has 8 heteroatoms. The molecule has 1 N–H and O–H groups in total. The molecular formula is C15H20N4O3S. The SMILES string of the molecule is CN1CCN(C(=O)CCN=C2NS(=O)(=O)c3ccccc32)CC1. The van der Waals surface area contributed by atoms with Crippen LogP contribution in [0.4, 0.5) is 0 Å². The van der Waals surface area contributed by atoms with E-state index in [1.54, 1.807) is 24.3 Å². The molecule has 2 heterocycles. The Morgan fingerprint density at radius 2 is 1.91 bits per heavy atom. The Kier molecular flexibility index (Phi) is 4.36. The zero-order chi connectivity index (χ0) is 16.4. The summed E-state index contributed by atoms with van der Waals surface area (Å²) in [6.45, 7) is 3.51. The van der Waals surface area contributed by atoms with Crippen LogP contribution in [0.1, 0.15) is 12.0 Å². The minimum absolute atomic E-state index is 0.0663. The Bertz CT molecular complexity index is 737. The molecule has 3 rings (SSSR count). The maximum Gasteiger partial charge on any atom is 0.263 e. The Morgan fingerprint density at radius 1 is 1.22 bits per heavy atom. The van der Waals surface area contributed by atoms with Gasteiger partial charge >= 0.3 is 0 Å². The largest absolute Gasteiger partial charge is 0.340 e. The van der Waals surface area contributed by atoms with E-state index in [1.165, 1.54) is 0 Å². The Balaban J connectivity index is 1.62. The first kappa shape index (κ1) is 15.9. The number of nitrogens with zero attached hydrogens (tertiary/aromatic N) is 3. The van der Waals surface area contributed by atoms with Crippen LogP contribution < -0.4 is 4.72 Å². The molecule has 1 fully saturated rings. The fourth-order valence-electron chi connectivity index (χ4n) is 2.73. The first-order chi connectivity index (χ1) is 11.0. The van der Waals surface area contributed by atoms with Crippen molar-refractivity contribution in [1.29, 1.82) is 0 Å². The molecule has 1 aromatic rings. The summed E-state index contributed by atoms with van der Waals surface area (Å²) in [4.78, 5) is 20.7. The van der Waals surface area contributed by atoms with E-state index in [0.717, 1.165) is 26.2 Å². The molecule has 0 aliphatic carbocycles. The van der Waals surface area contributed by atoms with Crippen molar-refractivity contribution in [2.45, 2.75) is 11.3 Å². The maximum atomic E-state index is 12.2. The third-order valence-electron chi connectivity index (χ3n) is 4.11. The normalized spacial score (nSPS) is 22.0. The van der Waals surface area contributed by atoms with Crippen LogP contribution in [-0.2, 0) is 14.8 Å². The molecule has 0 atom stereocenters. The molecule has 0 saturated carbocycles. The highest BCUT2D eigenvalue weighted by Crippen LogP contribution is 2.22. The summed E-state index contributed by atoms with van der Waals surface area (Å²) in [5, 5.41) is 0. The third-order valence-corrected chi connectivity index (χ3v) is 5.51. The Morgan fingerprint density at radius 3 is 2.65 bits per heavy atom. The lowest BCUT2D eigenvalue weighted by molar-refractivity contribution is -0.132. The van der Waals surface area contributed by atoms with Crippen LogP contribution in [0.3, 0.4) is 0 Å². The lowest BCUT2D eigenvalue weighted by Crippen LogP contribution is -2.47. The molecule has 0 bridgehead atoms. The quantitative estimate of drug-likeness (QED) is 0.835. The lowest BCUT2D eigenvalue weighted by atomic mass is 10.2. The summed E-state index contributed by atoms with van der Waals surface area (Å²) >= 11 is 0. The van der Waals surface area contributed by atoms with Crippen molar-refractivity contribution in [2.24, 2.45) is 4.99 Å². The second-order valence-corrected chi connectivity index (χ2v) is 7.42. The number of fused-ring (bicyclic) bond motifs is 1. The van der Waals surface area contributed by atoms with E-state index in [4.69, 9.17) is 0 Å². The van der Waals surface area contributed by atoms with E-state index < -0.39 is 10.0 Å². The van der Waals surface area contributed by atoms with Crippen LogP contribution in [0, 0.1) is 0 Å². The summed E-state index contributed by atoms with van der Waals surface area (Å²) in [7, 11) is -1.47. The van der Waals surface area contributed by atoms with Crippen LogP contribution in [0.15, 0.2) is 34.2 Å². The van der Waals surface area contributed by atoms with Crippen LogP contribution in [0.2, 0.25) is 0 Å². The topological polar surface area (TPSA) is 82.1 Å². The van der Waals surface area contributed by atoms with Crippen molar-refractivity contribution in [1.82, 2.24) is 14.5 Å². The van der Waals surface area contributed by atoms with Gasteiger partial charge in [-0.25, -0.2) is 8.42 Å². The second kappa shape index (κ2) is 6.29. The van der Waals surface area contributed by atoms with E-state index in [0.29, 0.717) is 11.4 Å². The van der Waals surface area contributed by atoms with E-state index in [2.05, 4.69) is 14.6 Å². The highest BCUT2D eigenvalue weighted by Gasteiger charge is 2.30. The number of carbonyl (C=O) groups is 1. The van der Waals surface area contributed by atoms with Crippen LogP contribution in [-0.4, -0.2) is 69.7 Å². The van der Waals surface area contributed by atoms with Gasteiger partial charge in [0.25, 0.3) is 10.0 Å². The number of nitrogens with one attached hydrogen (secondary N) is 1. The third kappa shape index (κ3) is 3.37. The van der Waals surface area contributed by atoms with E-state index >= 15 is 0 Å². The summed E-state index contributed by atoms with van der Waals surface area (Å²) in [6, 6.07) is 6.72. The molecule has 0 aromatic heterocycles. The van der Waals surface area contributed by atoms with Gasteiger partial charge in [-0.1, -0.05) is 12.1 Å². The lowest BCUT2D eigenvalue weighted by Gasteiger charge is -2.32. The van der Waals surface area contributed by atoms with Gasteiger partial charge < -0.3 is 9.80 Å². The van der Waals surface area contributed by atoms with Gasteiger partial charge in [0.1, 0.15) is 5.84 Å². The average molecular weight is 336 g/mol. The molecule has 124 valence electrons. The van der Waals surface area contributed by atoms with Gasteiger partial charge in [-0.2, -0.15) is 0 Å². The number of benzene rings is 1. The molecule has 0 radical (unpaired) electrons. The number of hydrogen-bond acceptors (Lipinski definition) is 5. The molecular weight excluding hydrogens is 316 g/mol. The average Bonchev–Trinajstić information content (AvgIpc) is 2.79. The predicted molar refractivity (Wildman–Crippen MR) is 86.9 cm³/mol. The molecule has 1 aromatic carbocycles. The zero-order valence-corrected chi connectivity index (χ0v) is 13.8. The first-order valence-corrected chi connectivity index (χ1v) is 9.09. The molecule has 7 nitrogen and oxygen atoms in total. The molecule has 23 heavy (non-hydrogen) atoms. The van der Waals surface area contributed by atoms with Gasteiger partial charge in [0.05, 0.1) is 11.4 Å². The van der Waals surface area contributed by atoms with Crippen LogP contribution >= 0.6 is 0 Å². The second-order valence-electron chi connectivity index (χ2n) is 5.77. The summed E-state index contributed by atoms with van der Waals surface area (Å²) in [6.07, 6.45) is 0.289. The number of amidine groups is 1. The van der Waals surface area contributed by atoms with Gasteiger partial charge in [-0.15, -0.1) is 0 Å². The number of aliphatic imine (C=N–C) groups is 1. The smallest absolute Gasteiger partial charge is 0.263 e. The number of rotatable bonds is 3. The predicted octanol–water partition coefficient (Wildman–Crippen LogP) is -0.111. The molecule has 2 aliphatic rings. The molecule has 1 saturated heterocycles. The van der Waals surface area contributed by atoms with Gasteiger partial charge in [0, 0.05) is 38.2 Å². The molecule has 0 unspecified atom stereocenters. The fraction of sp³-hybridized carbons (Fsp3) is 0.467. The van der Waals surface area contributed by atoms with Gasteiger partial charge in [-0.3, -0.25) is 14.5 Å². The van der Waals surface area contributed by atoms with Crippen molar-refractivity contribution in [3.05, 3.63) is 29.8 Å². The highest BCUT2D eigenvalue weighted by atomic mass is 32.2. The van der Waals surface area contributed by atoms with Crippen molar-refractivity contribution in [3.8, 4) is 0 Å². The molecule has 0 spiro atoms. The minimum atomic E-state index is -3.51. The fourth-order valence-corrected chi connectivity index (χ4v) is 3.98. The number of piperazine rings is 1. The van der Waals surface area contributed by atoms with Crippen molar-refractivity contribution in [2.75, 3.05) is 39.8 Å². The number of likely N-dealkylation sites (N-methyl/N-ethyl adjacent to an activating group) is 1. The van der Waals surface area contributed by atoms with Crippen LogP contribution in [0.25, 0.3) is 0 Å². The van der Waals surface area contributed by atoms with Crippen molar-refractivity contribution in [3.63, 3.8) is 0 Å². The monoisotopic (exact) mass is 336 g/mol. The summed E-state index contributed by atoms with van der Waals surface area (Å²) in [5.74, 6) is 0.392. The molecule has 1 amide bonds. The summed E-state index contributed by atoms with van der Waals surface area (Å²) < 4.78 is 26.4. The van der Waals surface area contributed by atoms with Crippen LogP contribution in [0.5, 0.6) is 0 Å². The standard InChI is InChI=1S/C15H20N4O3S/c1-18-8-10-19(11-9-18)14(20)6-7-16-15-12-4-2-3-5-13(12)23(21,22)17-15/h2-5H,6-11H2,1H3,(H,16,17). The maximum absolute atomic E-state index is 12.2. The molecule has 2 aliphatic heterocycles. The highest BCUT2D eigenvalue weighted by molar-refractivity contribution is 7.90. The number of hydrogen-bond donors (Lipinski definition) is 1. The number of carbonyl (C=O) groups excluding carboxylic acids is 1. The number of amides is 1. The Labute approximate surface area is 136 Å². The van der Waals surface area contributed by atoms with E-state index in [1.807, 2.05) is 11.9 Å². The summed E-state index contributed by atoms with van der Waals surface area (Å²) in [5.41, 5.74) is 0.569. The van der Waals surface area contributed by atoms with Crippen molar-refractivity contribution < 1.29 is 13.2 Å². The minimum Gasteiger partial charge on any atom is -0.340 e. The number of sulfonamides is 1. The first-order valence-electron chi connectivity index (χ1n) is 7.60. The van der Waals surface area contributed by atoms with E-state index in [-0.39, 0.29) is 23.8 Å². The van der Waals surface area contributed by atoms with Crippen molar-refractivity contribution >= 4 is 21.8 Å². The van der Waals surface area contributed by atoms with Gasteiger partial charge in [-0.05, 0) is 19.2 Å².